The highest BCUT2D eigenvalue weighted by atomic mass is 35.5. The fraction of sp³-hybridized carbons (Fsp3) is 0.304. The average Bonchev–Trinajstić information content (AvgIpc) is 3.19. The van der Waals surface area contributed by atoms with Crippen LogP contribution in [0.5, 0.6) is 0 Å². The van der Waals surface area contributed by atoms with Crippen LogP contribution in [0.15, 0.2) is 48.7 Å². The van der Waals surface area contributed by atoms with Gasteiger partial charge in [0.05, 0.1) is 35.3 Å². The van der Waals surface area contributed by atoms with E-state index in [-0.39, 0.29) is 23.6 Å². The van der Waals surface area contributed by atoms with Gasteiger partial charge in [-0.1, -0.05) is 11.6 Å². The highest BCUT2D eigenvalue weighted by Crippen LogP contribution is 2.34. The van der Waals surface area contributed by atoms with E-state index in [1.807, 2.05) is 18.7 Å². The number of nitrogens with one attached hydrogen (secondary N) is 1. The van der Waals surface area contributed by atoms with Crippen molar-refractivity contribution in [3.05, 3.63) is 70.8 Å². The summed E-state index contributed by atoms with van der Waals surface area (Å²) in [5, 5.41) is 6.43. The first-order valence-electron chi connectivity index (χ1n) is 10.5. The van der Waals surface area contributed by atoms with Crippen molar-refractivity contribution < 1.29 is 27.1 Å². The van der Waals surface area contributed by atoms with E-state index >= 15 is 0 Å². The number of benzene rings is 2. The minimum Gasteiger partial charge on any atom is -0.372 e. The van der Waals surface area contributed by atoms with Gasteiger partial charge in [0.1, 0.15) is 5.82 Å². The van der Waals surface area contributed by atoms with Gasteiger partial charge in [-0.25, -0.2) is 9.07 Å². The van der Waals surface area contributed by atoms with Crippen molar-refractivity contribution in [3.63, 3.8) is 0 Å². The zero-order valence-corrected chi connectivity index (χ0v) is 19.0. The molecule has 0 saturated carbocycles. The van der Waals surface area contributed by atoms with E-state index in [1.165, 1.54) is 36.4 Å². The van der Waals surface area contributed by atoms with Gasteiger partial charge in [0.2, 0.25) is 0 Å². The summed E-state index contributed by atoms with van der Waals surface area (Å²) >= 11 is 5.81. The number of morpholine rings is 1. The predicted molar refractivity (Wildman–Crippen MR) is 120 cm³/mol. The van der Waals surface area contributed by atoms with Crippen LogP contribution in [0.1, 0.15) is 29.9 Å². The lowest BCUT2D eigenvalue weighted by Gasteiger charge is -2.37. The number of hydrogen-bond donors (Lipinski definition) is 1. The normalized spacial score (nSPS) is 18.7. The van der Waals surface area contributed by atoms with Crippen LogP contribution in [0.3, 0.4) is 0 Å². The SMILES string of the molecule is CC1CN(c2ccc(NC(=O)c3cnn(-c4ccc(Cl)cc4)c3C(F)(F)F)cc2F)CC(C)O1. The van der Waals surface area contributed by atoms with Crippen LogP contribution in [0.25, 0.3) is 5.69 Å². The van der Waals surface area contributed by atoms with E-state index in [0.29, 0.717) is 28.5 Å². The molecule has 0 spiro atoms. The second-order valence-electron chi connectivity index (χ2n) is 8.08. The fourth-order valence-corrected chi connectivity index (χ4v) is 4.11. The van der Waals surface area contributed by atoms with Crippen LogP contribution in [-0.2, 0) is 10.9 Å². The number of amides is 1. The van der Waals surface area contributed by atoms with E-state index in [0.717, 1.165) is 12.3 Å². The second kappa shape index (κ2) is 9.27. The minimum absolute atomic E-state index is 0.0213. The number of anilines is 2. The quantitative estimate of drug-likeness (QED) is 0.481. The van der Waals surface area contributed by atoms with Crippen molar-refractivity contribution in [2.24, 2.45) is 0 Å². The van der Waals surface area contributed by atoms with Crippen LogP contribution < -0.4 is 10.2 Å². The maximum atomic E-state index is 14.8. The summed E-state index contributed by atoms with van der Waals surface area (Å²) in [6.45, 7) is 4.76. The second-order valence-corrected chi connectivity index (χ2v) is 8.51. The molecule has 2 unspecified atom stereocenters. The third-order valence-electron chi connectivity index (χ3n) is 5.32. The monoisotopic (exact) mass is 496 g/mol. The average molecular weight is 497 g/mol. The molecule has 1 aliphatic heterocycles. The number of aromatic nitrogens is 2. The Labute approximate surface area is 198 Å². The van der Waals surface area contributed by atoms with Crippen LogP contribution in [0.4, 0.5) is 28.9 Å². The largest absolute Gasteiger partial charge is 0.434 e. The molecule has 1 aromatic heterocycles. The lowest BCUT2D eigenvalue weighted by atomic mass is 10.1. The molecule has 1 aliphatic rings. The number of carbonyl (C=O) groups is 1. The Morgan fingerprint density at radius 3 is 2.35 bits per heavy atom. The Bertz CT molecular complexity index is 1190. The van der Waals surface area contributed by atoms with Gasteiger partial charge in [0.25, 0.3) is 5.91 Å². The summed E-state index contributed by atoms with van der Waals surface area (Å²) < 4.78 is 62.7. The molecule has 1 amide bonds. The van der Waals surface area contributed by atoms with Crippen LogP contribution >= 0.6 is 11.6 Å². The van der Waals surface area contributed by atoms with Crippen LogP contribution in [0, 0.1) is 5.82 Å². The molecule has 6 nitrogen and oxygen atoms in total. The molecule has 1 fully saturated rings. The van der Waals surface area contributed by atoms with Crippen molar-refractivity contribution in [2.75, 3.05) is 23.3 Å². The molecule has 0 radical (unpaired) electrons. The molecule has 180 valence electrons. The van der Waals surface area contributed by atoms with Gasteiger partial charge in [-0.3, -0.25) is 4.79 Å². The zero-order valence-electron chi connectivity index (χ0n) is 18.2. The molecule has 2 heterocycles. The van der Waals surface area contributed by atoms with Gasteiger partial charge in [0, 0.05) is 23.8 Å². The molecule has 3 aromatic rings. The van der Waals surface area contributed by atoms with Gasteiger partial charge in [-0.2, -0.15) is 18.3 Å². The first-order chi connectivity index (χ1) is 16.0. The van der Waals surface area contributed by atoms with Crippen molar-refractivity contribution in [2.45, 2.75) is 32.2 Å². The molecule has 1 saturated heterocycles. The molecule has 2 atom stereocenters. The maximum absolute atomic E-state index is 14.8. The summed E-state index contributed by atoms with van der Waals surface area (Å²) in [6.07, 6.45) is -4.21. The molecule has 11 heteroatoms. The molecule has 34 heavy (non-hydrogen) atoms. The van der Waals surface area contributed by atoms with Gasteiger partial charge < -0.3 is 15.0 Å². The van der Waals surface area contributed by atoms with E-state index < -0.39 is 29.2 Å². The van der Waals surface area contributed by atoms with Gasteiger partial charge in [-0.15, -0.1) is 0 Å². The molecular weight excluding hydrogens is 476 g/mol. The Morgan fingerprint density at radius 2 is 1.76 bits per heavy atom. The van der Waals surface area contributed by atoms with Gasteiger partial charge in [-0.05, 0) is 56.3 Å². The van der Waals surface area contributed by atoms with Crippen molar-refractivity contribution in [1.29, 1.82) is 0 Å². The number of halogens is 5. The first kappa shape index (κ1) is 24.0. The number of nitrogens with zero attached hydrogens (tertiary/aromatic N) is 3. The Morgan fingerprint density at radius 1 is 1.12 bits per heavy atom. The number of ether oxygens (including phenoxy) is 1. The number of carbonyl (C=O) groups excluding carboxylic acids is 1. The minimum atomic E-state index is -4.87. The molecule has 4 rings (SSSR count). The third kappa shape index (κ3) is 5.02. The Hall–Kier alpha value is -3.11. The van der Waals surface area contributed by atoms with Crippen molar-refractivity contribution >= 4 is 28.9 Å². The predicted octanol–water partition coefficient (Wildman–Crippen LogP) is 5.55. The molecule has 0 aliphatic carbocycles. The van der Waals surface area contributed by atoms with Crippen molar-refractivity contribution in [3.8, 4) is 5.69 Å². The molecular formula is C23H21ClF4N4O2. The summed E-state index contributed by atoms with van der Waals surface area (Å²) in [5.74, 6) is -1.67. The van der Waals surface area contributed by atoms with E-state index in [2.05, 4.69) is 10.4 Å². The number of alkyl halides is 3. The Kier molecular flexibility index (Phi) is 6.55. The molecule has 0 bridgehead atoms. The van der Waals surface area contributed by atoms with Gasteiger partial charge >= 0.3 is 6.18 Å². The van der Waals surface area contributed by atoms with Crippen LogP contribution in [0.2, 0.25) is 5.02 Å². The smallest absolute Gasteiger partial charge is 0.372 e. The summed E-state index contributed by atoms with van der Waals surface area (Å²) in [6, 6.07) is 9.54. The standard InChI is InChI=1S/C23H21ClF4N4O2/c1-13-11-31(12-14(2)34-13)20-8-5-16(9-19(20)25)30-22(33)18-10-29-32(21(18)23(26,27)28)17-6-3-15(24)4-7-17/h3-10,13-14H,11-12H2,1-2H3,(H,30,33). The maximum Gasteiger partial charge on any atom is 0.434 e. The summed E-state index contributed by atoms with van der Waals surface area (Å²) in [7, 11) is 0. The Balaban J connectivity index is 1.59. The molecule has 2 aromatic carbocycles. The van der Waals surface area contributed by atoms with E-state index in [1.54, 1.807) is 0 Å². The topological polar surface area (TPSA) is 59.4 Å². The zero-order chi connectivity index (χ0) is 24.6. The molecule has 1 N–H and O–H groups in total. The van der Waals surface area contributed by atoms with Crippen LogP contribution in [-0.4, -0.2) is 41.0 Å². The lowest BCUT2D eigenvalue weighted by Crippen LogP contribution is -2.45. The van der Waals surface area contributed by atoms with Crippen molar-refractivity contribution in [1.82, 2.24) is 9.78 Å². The fourth-order valence-electron chi connectivity index (χ4n) is 3.98. The number of hydrogen-bond acceptors (Lipinski definition) is 4. The highest BCUT2D eigenvalue weighted by molar-refractivity contribution is 6.30. The lowest BCUT2D eigenvalue weighted by molar-refractivity contribution is -0.143. The highest BCUT2D eigenvalue weighted by Gasteiger charge is 2.40. The van der Waals surface area contributed by atoms with E-state index in [4.69, 9.17) is 16.3 Å². The third-order valence-corrected chi connectivity index (χ3v) is 5.57. The first-order valence-corrected chi connectivity index (χ1v) is 10.8. The summed E-state index contributed by atoms with van der Waals surface area (Å²) in [4.78, 5) is 14.6. The van der Waals surface area contributed by atoms with E-state index in [9.17, 15) is 22.4 Å². The van der Waals surface area contributed by atoms with Gasteiger partial charge in [0.15, 0.2) is 5.69 Å². The number of rotatable bonds is 4. The summed E-state index contributed by atoms with van der Waals surface area (Å²) in [5.41, 5.74) is -1.51.